The zero-order valence-corrected chi connectivity index (χ0v) is 19.7. The number of thiocarbonyl (C=S) groups is 1. The van der Waals surface area contributed by atoms with Crippen LogP contribution in [0.1, 0.15) is 25.0 Å². The summed E-state index contributed by atoms with van der Waals surface area (Å²) in [5.74, 6) is 0.858. The van der Waals surface area contributed by atoms with Crippen molar-refractivity contribution in [3.8, 4) is 11.5 Å². The Morgan fingerprint density at radius 2 is 1.93 bits per heavy atom. The third-order valence-electron chi connectivity index (χ3n) is 4.12. The van der Waals surface area contributed by atoms with Crippen molar-refractivity contribution in [3.05, 3.63) is 61.8 Å². The van der Waals surface area contributed by atoms with Crippen LogP contribution in [0.25, 0.3) is 6.08 Å². The quantitative estimate of drug-likeness (QED) is 0.257. The lowest BCUT2D eigenvalue weighted by molar-refractivity contribution is -0.121. The number of hydrogen-bond donors (Lipinski definition) is 0. The molecule has 0 aliphatic carbocycles. The van der Waals surface area contributed by atoms with Gasteiger partial charge in [-0.15, -0.1) is 0 Å². The van der Waals surface area contributed by atoms with Crippen LogP contribution in [-0.4, -0.2) is 28.3 Å². The lowest BCUT2D eigenvalue weighted by Crippen LogP contribution is -2.27. The van der Waals surface area contributed by atoms with E-state index in [9.17, 15) is 9.18 Å². The van der Waals surface area contributed by atoms with E-state index in [-0.39, 0.29) is 11.7 Å². The largest absolute Gasteiger partial charge is 0.490 e. The summed E-state index contributed by atoms with van der Waals surface area (Å²) in [5, 5.41) is 0. The van der Waals surface area contributed by atoms with Crippen molar-refractivity contribution in [1.29, 1.82) is 0 Å². The van der Waals surface area contributed by atoms with Crippen molar-refractivity contribution < 1.29 is 18.7 Å². The Labute approximate surface area is 192 Å². The Morgan fingerprint density at radius 1 is 1.21 bits per heavy atom. The van der Waals surface area contributed by atoms with Crippen molar-refractivity contribution in [2.45, 2.75) is 20.5 Å². The van der Waals surface area contributed by atoms with Gasteiger partial charge < -0.3 is 9.47 Å². The maximum atomic E-state index is 13.1. The van der Waals surface area contributed by atoms with Crippen LogP contribution in [-0.2, 0) is 11.4 Å². The molecule has 1 aliphatic rings. The van der Waals surface area contributed by atoms with E-state index in [0.717, 1.165) is 14.7 Å². The van der Waals surface area contributed by atoms with Gasteiger partial charge >= 0.3 is 0 Å². The zero-order chi connectivity index (χ0) is 21.0. The first-order chi connectivity index (χ1) is 13.9. The average molecular weight is 543 g/mol. The van der Waals surface area contributed by atoms with E-state index >= 15 is 0 Å². The first-order valence-corrected chi connectivity index (χ1v) is 11.3. The van der Waals surface area contributed by atoms with Gasteiger partial charge in [0.05, 0.1) is 15.1 Å². The van der Waals surface area contributed by atoms with Gasteiger partial charge in [0.25, 0.3) is 5.91 Å². The lowest BCUT2D eigenvalue weighted by Gasteiger charge is -2.15. The van der Waals surface area contributed by atoms with Gasteiger partial charge in [-0.25, -0.2) is 4.39 Å². The Hall–Kier alpha value is -1.65. The number of hydrogen-bond acceptors (Lipinski definition) is 5. The maximum absolute atomic E-state index is 13.1. The van der Waals surface area contributed by atoms with Gasteiger partial charge in [0, 0.05) is 6.54 Å². The number of thioether (sulfide) groups is 1. The van der Waals surface area contributed by atoms with Crippen LogP contribution in [0.5, 0.6) is 11.5 Å². The number of amides is 1. The molecule has 1 saturated heterocycles. The SMILES string of the molecule is CCOc1cc(/C=C2\SC(=S)N(CC)C2=O)cc(I)c1OCc1ccc(F)cc1. The van der Waals surface area contributed by atoms with E-state index in [1.807, 2.05) is 32.1 Å². The highest BCUT2D eigenvalue weighted by molar-refractivity contribution is 14.1. The molecule has 2 aromatic carbocycles. The normalized spacial score (nSPS) is 15.3. The fourth-order valence-corrected chi connectivity index (χ4v) is 4.90. The Kier molecular flexibility index (Phi) is 7.53. The summed E-state index contributed by atoms with van der Waals surface area (Å²) in [4.78, 5) is 14.6. The molecule has 0 bridgehead atoms. The van der Waals surface area contributed by atoms with Gasteiger partial charge in [0.2, 0.25) is 0 Å². The van der Waals surface area contributed by atoms with Crippen molar-refractivity contribution in [3.63, 3.8) is 0 Å². The minimum atomic E-state index is -0.281. The Morgan fingerprint density at radius 3 is 2.55 bits per heavy atom. The summed E-state index contributed by atoms with van der Waals surface area (Å²) in [7, 11) is 0. The Bertz CT molecular complexity index is 963. The molecule has 0 saturated carbocycles. The van der Waals surface area contributed by atoms with Crippen molar-refractivity contribution in [2.24, 2.45) is 0 Å². The van der Waals surface area contributed by atoms with Gasteiger partial charge in [-0.1, -0.05) is 36.1 Å². The van der Waals surface area contributed by atoms with Gasteiger partial charge in [-0.05, 0) is 77.9 Å². The average Bonchev–Trinajstić information content (AvgIpc) is 2.95. The number of rotatable bonds is 7. The molecule has 0 aromatic heterocycles. The molecule has 0 spiro atoms. The second-order valence-corrected chi connectivity index (χ2v) is 8.94. The molecule has 1 fully saturated rings. The monoisotopic (exact) mass is 543 g/mol. The van der Waals surface area contributed by atoms with E-state index in [1.54, 1.807) is 17.0 Å². The maximum Gasteiger partial charge on any atom is 0.266 e. The van der Waals surface area contributed by atoms with Gasteiger partial charge in [-0.2, -0.15) is 0 Å². The second kappa shape index (κ2) is 9.90. The minimum Gasteiger partial charge on any atom is -0.490 e. The summed E-state index contributed by atoms with van der Waals surface area (Å²) < 4.78 is 26.3. The van der Waals surface area contributed by atoms with Crippen LogP contribution in [0.15, 0.2) is 41.3 Å². The van der Waals surface area contributed by atoms with E-state index in [1.165, 1.54) is 23.9 Å². The predicted octanol–water partition coefficient (Wildman–Crippen LogP) is 5.63. The number of nitrogens with zero attached hydrogens (tertiary/aromatic N) is 1. The van der Waals surface area contributed by atoms with Crippen molar-refractivity contribution in [1.82, 2.24) is 4.90 Å². The second-order valence-electron chi connectivity index (χ2n) is 6.10. The molecule has 1 aliphatic heterocycles. The zero-order valence-electron chi connectivity index (χ0n) is 15.9. The molecule has 29 heavy (non-hydrogen) atoms. The fourth-order valence-electron chi connectivity index (χ4n) is 2.73. The van der Waals surface area contributed by atoms with E-state index < -0.39 is 0 Å². The topological polar surface area (TPSA) is 38.8 Å². The standard InChI is InChI=1S/C21H19FINO3S2/c1-3-24-20(25)18(29-21(24)28)11-14-9-16(23)19(17(10-14)26-4-2)27-12-13-5-7-15(22)8-6-13/h5-11H,3-4,12H2,1-2H3/b18-11-. The van der Waals surface area contributed by atoms with E-state index in [2.05, 4.69) is 22.6 Å². The highest BCUT2D eigenvalue weighted by Crippen LogP contribution is 2.37. The van der Waals surface area contributed by atoms with Crippen LogP contribution in [0.4, 0.5) is 4.39 Å². The first-order valence-electron chi connectivity index (χ1n) is 9.01. The molecule has 4 nitrogen and oxygen atoms in total. The van der Waals surface area contributed by atoms with Crippen molar-refractivity contribution in [2.75, 3.05) is 13.2 Å². The summed E-state index contributed by atoms with van der Waals surface area (Å²) in [6.07, 6.45) is 1.82. The molecule has 1 amide bonds. The lowest BCUT2D eigenvalue weighted by atomic mass is 10.1. The van der Waals surface area contributed by atoms with E-state index in [0.29, 0.717) is 40.5 Å². The molecule has 0 atom stereocenters. The number of ether oxygens (including phenoxy) is 2. The van der Waals surface area contributed by atoms with Gasteiger partial charge in [-0.3, -0.25) is 9.69 Å². The smallest absolute Gasteiger partial charge is 0.266 e. The molecule has 0 radical (unpaired) electrons. The van der Waals surface area contributed by atoms with Crippen LogP contribution in [0, 0.1) is 9.39 Å². The fraction of sp³-hybridized carbons (Fsp3) is 0.238. The molecular weight excluding hydrogens is 524 g/mol. The van der Waals surface area contributed by atoms with Crippen LogP contribution in [0.2, 0.25) is 0 Å². The van der Waals surface area contributed by atoms with Gasteiger partial charge in [0.15, 0.2) is 11.5 Å². The summed E-state index contributed by atoms with van der Waals surface area (Å²) >= 11 is 8.76. The van der Waals surface area contributed by atoms with Gasteiger partial charge in [0.1, 0.15) is 16.7 Å². The number of benzene rings is 2. The third kappa shape index (κ3) is 5.29. The minimum absolute atomic E-state index is 0.0768. The molecule has 1 heterocycles. The number of carbonyl (C=O) groups is 1. The molecular formula is C21H19FINO3S2. The van der Waals surface area contributed by atoms with Crippen molar-refractivity contribution >= 4 is 62.9 Å². The number of carbonyl (C=O) groups excluding carboxylic acids is 1. The highest BCUT2D eigenvalue weighted by atomic mass is 127. The Balaban J connectivity index is 1.86. The molecule has 2 aromatic rings. The predicted molar refractivity (Wildman–Crippen MR) is 127 cm³/mol. The summed E-state index contributed by atoms with van der Waals surface area (Å²) in [6.45, 7) is 5.13. The highest BCUT2D eigenvalue weighted by Gasteiger charge is 2.30. The third-order valence-corrected chi connectivity index (χ3v) is 6.29. The molecule has 0 unspecified atom stereocenters. The summed E-state index contributed by atoms with van der Waals surface area (Å²) in [5.41, 5.74) is 1.69. The number of likely N-dealkylation sites (N-methyl/N-ethyl adjacent to an activating group) is 1. The molecule has 152 valence electrons. The molecule has 3 rings (SSSR count). The number of halogens is 2. The summed E-state index contributed by atoms with van der Waals surface area (Å²) in [6, 6.07) is 9.97. The van der Waals surface area contributed by atoms with Crippen LogP contribution in [0.3, 0.4) is 0 Å². The van der Waals surface area contributed by atoms with Crippen LogP contribution < -0.4 is 9.47 Å². The molecule has 0 N–H and O–H groups in total. The van der Waals surface area contributed by atoms with E-state index in [4.69, 9.17) is 21.7 Å². The van der Waals surface area contributed by atoms with Crippen LogP contribution >= 0.6 is 46.6 Å². The molecule has 8 heteroatoms. The first kappa shape index (κ1) is 22.0.